The molecule has 0 amide bonds. The van der Waals surface area contributed by atoms with Gasteiger partial charge in [-0.25, -0.2) is 0 Å². The number of nitrogens with two attached hydrogens (primary N) is 1. The van der Waals surface area contributed by atoms with E-state index in [-0.39, 0.29) is 6.54 Å². The van der Waals surface area contributed by atoms with Crippen LogP contribution in [0.3, 0.4) is 0 Å². The Labute approximate surface area is 117 Å². The minimum absolute atomic E-state index is 0.127. The smallest absolute Gasteiger partial charge is 0.369 e. The maximum Gasteiger partial charge on any atom is 0.416 e. The van der Waals surface area contributed by atoms with E-state index in [9.17, 15) is 13.2 Å². The summed E-state index contributed by atoms with van der Waals surface area (Å²) in [4.78, 5) is 2.20. The van der Waals surface area contributed by atoms with E-state index in [1.807, 2.05) is 6.92 Å². The molecule has 1 aromatic rings. The maximum atomic E-state index is 12.8. The Bertz CT molecular complexity index is 451. The van der Waals surface area contributed by atoms with Crippen molar-refractivity contribution in [3.63, 3.8) is 0 Å². The van der Waals surface area contributed by atoms with E-state index in [0.29, 0.717) is 11.6 Å². The van der Waals surface area contributed by atoms with Gasteiger partial charge in [-0.05, 0) is 43.5 Å². The van der Waals surface area contributed by atoms with E-state index >= 15 is 0 Å². The SMILES string of the molecule is CCN(c1ccc(C(F)(F)F)cc1CN)C1CCCC1. The van der Waals surface area contributed by atoms with Crippen LogP contribution >= 0.6 is 0 Å². The van der Waals surface area contributed by atoms with Gasteiger partial charge in [-0.1, -0.05) is 12.8 Å². The molecular weight excluding hydrogens is 265 g/mol. The first-order chi connectivity index (χ1) is 9.47. The molecule has 1 saturated carbocycles. The van der Waals surface area contributed by atoms with Crippen LogP contribution in [0.1, 0.15) is 43.7 Å². The molecule has 1 aliphatic carbocycles. The zero-order chi connectivity index (χ0) is 14.8. The van der Waals surface area contributed by atoms with Crippen LogP contribution in [-0.2, 0) is 12.7 Å². The quantitative estimate of drug-likeness (QED) is 0.908. The van der Waals surface area contributed by atoms with Crippen molar-refractivity contribution in [3.8, 4) is 0 Å². The lowest BCUT2D eigenvalue weighted by Crippen LogP contribution is -2.34. The van der Waals surface area contributed by atoms with E-state index in [1.54, 1.807) is 6.07 Å². The van der Waals surface area contributed by atoms with Gasteiger partial charge in [0.05, 0.1) is 5.56 Å². The van der Waals surface area contributed by atoms with Gasteiger partial charge in [0.2, 0.25) is 0 Å². The van der Waals surface area contributed by atoms with Gasteiger partial charge in [-0.3, -0.25) is 0 Å². The Kier molecular flexibility index (Phi) is 4.58. The summed E-state index contributed by atoms with van der Waals surface area (Å²) in [5, 5.41) is 0. The molecule has 2 nitrogen and oxygen atoms in total. The molecule has 0 aliphatic heterocycles. The monoisotopic (exact) mass is 286 g/mol. The molecule has 0 unspecified atom stereocenters. The summed E-state index contributed by atoms with van der Waals surface area (Å²) in [5.74, 6) is 0. The summed E-state index contributed by atoms with van der Waals surface area (Å²) >= 11 is 0. The lowest BCUT2D eigenvalue weighted by molar-refractivity contribution is -0.137. The second kappa shape index (κ2) is 6.04. The van der Waals surface area contributed by atoms with E-state index in [0.717, 1.165) is 31.1 Å². The minimum atomic E-state index is -4.31. The van der Waals surface area contributed by atoms with E-state index in [2.05, 4.69) is 4.90 Å². The van der Waals surface area contributed by atoms with Gasteiger partial charge in [0.25, 0.3) is 0 Å². The van der Waals surface area contributed by atoms with Gasteiger partial charge in [0.15, 0.2) is 0 Å². The molecule has 2 N–H and O–H groups in total. The van der Waals surface area contributed by atoms with Crippen molar-refractivity contribution in [1.82, 2.24) is 0 Å². The highest BCUT2D eigenvalue weighted by molar-refractivity contribution is 5.56. The third-order valence-electron chi connectivity index (χ3n) is 4.04. The van der Waals surface area contributed by atoms with Gasteiger partial charge in [0.1, 0.15) is 0 Å². The van der Waals surface area contributed by atoms with Gasteiger partial charge in [-0.2, -0.15) is 13.2 Å². The Morgan fingerprint density at radius 2 is 1.90 bits per heavy atom. The Morgan fingerprint density at radius 1 is 1.25 bits per heavy atom. The third kappa shape index (κ3) is 3.08. The van der Waals surface area contributed by atoms with Crippen LogP contribution in [-0.4, -0.2) is 12.6 Å². The maximum absolute atomic E-state index is 12.8. The number of hydrogen-bond donors (Lipinski definition) is 1. The first-order valence-corrected chi connectivity index (χ1v) is 7.14. The number of anilines is 1. The molecule has 1 aliphatic rings. The molecule has 1 aromatic carbocycles. The summed E-state index contributed by atoms with van der Waals surface area (Å²) in [6.45, 7) is 2.96. The van der Waals surface area contributed by atoms with Crippen molar-refractivity contribution in [2.24, 2.45) is 5.73 Å². The fourth-order valence-corrected chi connectivity index (χ4v) is 3.05. The molecule has 0 spiro atoms. The number of alkyl halides is 3. The molecule has 20 heavy (non-hydrogen) atoms. The zero-order valence-electron chi connectivity index (χ0n) is 11.7. The van der Waals surface area contributed by atoms with Gasteiger partial charge >= 0.3 is 6.18 Å². The summed E-state index contributed by atoms with van der Waals surface area (Å²) in [6, 6.07) is 4.35. The van der Waals surface area contributed by atoms with Crippen molar-refractivity contribution in [1.29, 1.82) is 0 Å². The average molecular weight is 286 g/mol. The fraction of sp³-hybridized carbons (Fsp3) is 0.600. The van der Waals surface area contributed by atoms with Crippen LogP contribution in [0.5, 0.6) is 0 Å². The molecule has 0 saturated heterocycles. The number of benzene rings is 1. The first-order valence-electron chi connectivity index (χ1n) is 7.14. The molecule has 112 valence electrons. The standard InChI is InChI=1S/C15H21F3N2/c1-2-20(13-5-3-4-6-13)14-8-7-12(15(16,17)18)9-11(14)10-19/h7-9,13H,2-6,10,19H2,1H3. The number of halogens is 3. The molecule has 5 heteroatoms. The summed E-state index contributed by atoms with van der Waals surface area (Å²) in [6.07, 6.45) is 0.296. The molecule has 0 bridgehead atoms. The molecular formula is C15H21F3N2. The summed E-state index contributed by atoms with van der Waals surface area (Å²) < 4.78 is 38.3. The lowest BCUT2D eigenvalue weighted by Gasteiger charge is -2.32. The van der Waals surface area contributed by atoms with Crippen molar-refractivity contribution >= 4 is 5.69 Å². The van der Waals surface area contributed by atoms with Crippen LogP contribution in [0.15, 0.2) is 18.2 Å². The highest BCUT2D eigenvalue weighted by atomic mass is 19.4. The van der Waals surface area contributed by atoms with Crippen LogP contribution in [0.25, 0.3) is 0 Å². The molecule has 1 fully saturated rings. The number of rotatable bonds is 4. The molecule has 0 heterocycles. The van der Waals surface area contributed by atoms with Gasteiger partial charge in [0, 0.05) is 24.8 Å². The lowest BCUT2D eigenvalue weighted by atomic mass is 10.0. The van der Waals surface area contributed by atoms with Crippen molar-refractivity contribution in [2.75, 3.05) is 11.4 Å². The van der Waals surface area contributed by atoms with Crippen molar-refractivity contribution < 1.29 is 13.2 Å². The fourth-order valence-electron chi connectivity index (χ4n) is 3.05. The van der Waals surface area contributed by atoms with Crippen molar-refractivity contribution in [3.05, 3.63) is 29.3 Å². The van der Waals surface area contributed by atoms with Crippen LogP contribution in [0, 0.1) is 0 Å². The Morgan fingerprint density at radius 3 is 2.40 bits per heavy atom. The van der Waals surface area contributed by atoms with E-state index < -0.39 is 11.7 Å². The molecule has 0 aromatic heterocycles. The molecule has 0 radical (unpaired) electrons. The number of hydrogen-bond acceptors (Lipinski definition) is 2. The predicted molar refractivity (Wildman–Crippen MR) is 74.6 cm³/mol. The van der Waals surface area contributed by atoms with E-state index in [1.165, 1.54) is 18.9 Å². The Balaban J connectivity index is 2.34. The first kappa shape index (κ1) is 15.2. The molecule has 2 rings (SSSR count). The second-order valence-electron chi connectivity index (χ2n) is 5.27. The van der Waals surface area contributed by atoms with Crippen LogP contribution in [0.4, 0.5) is 18.9 Å². The number of nitrogens with zero attached hydrogens (tertiary/aromatic N) is 1. The normalized spacial score (nSPS) is 16.6. The predicted octanol–water partition coefficient (Wildman–Crippen LogP) is 3.93. The van der Waals surface area contributed by atoms with Gasteiger partial charge in [-0.15, -0.1) is 0 Å². The second-order valence-corrected chi connectivity index (χ2v) is 5.27. The van der Waals surface area contributed by atoms with Gasteiger partial charge < -0.3 is 10.6 Å². The summed E-state index contributed by atoms with van der Waals surface area (Å²) in [5.41, 5.74) is 6.47. The van der Waals surface area contributed by atoms with Crippen LogP contribution in [0.2, 0.25) is 0 Å². The minimum Gasteiger partial charge on any atom is -0.369 e. The largest absolute Gasteiger partial charge is 0.416 e. The average Bonchev–Trinajstić information content (AvgIpc) is 2.92. The van der Waals surface area contributed by atoms with E-state index in [4.69, 9.17) is 5.73 Å². The third-order valence-corrected chi connectivity index (χ3v) is 4.04. The van der Waals surface area contributed by atoms with Crippen LogP contribution < -0.4 is 10.6 Å². The van der Waals surface area contributed by atoms with Crippen molar-refractivity contribution in [2.45, 2.75) is 51.4 Å². The highest BCUT2D eigenvalue weighted by Gasteiger charge is 2.32. The highest BCUT2D eigenvalue weighted by Crippen LogP contribution is 2.35. The Hall–Kier alpha value is -1.23. The zero-order valence-corrected chi connectivity index (χ0v) is 11.7. The topological polar surface area (TPSA) is 29.3 Å². The molecule has 0 atom stereocenters. The summed E-state index contributed by atoms with van der Waals surface area (Å²) in [7, 11) is 0.